The van der Waals surface area contributed by atoms with Gasteiger partial charge in [0, 0.05) is 37.6 Å². The monoisotopic (exact) mass is 441 g/mol. The van der Waals surface area contributed by atoms with Crippen molar-refractivity contribution in [1.29, 1.82) is 0 Å². The van der Waals surface area contributed by atoms with Crippen molar-refractivity contribution in [2.45, 2.75) is 19.1 Å². The van der Waals surface area contributed by atoms with Crippen LogP contribution in [0.2, 0.25) is 5.02 Å². The number of nitrogens with zero attached hydrogens (tertiary/aromatic N) is 4. The molecule has 8 nitrogen and oxygen atoms in total. The van der Waals surface area contributed by atoms with Crippen LogP contribution in [0.5, 0.6) is 5.75 Å². The van der Waals surface area contributed by atoms with Gasteiger partial charge in [-0.1, -0.05) is 11.6 Å². The van der Waals surface area contributed by atoms with Crippen LogP contribution in [0.1, 0.15) is 12.1 Å². The van der Waals surface area contributed by atoms with E-state index in [9.17, 15) is 9.59 Å². The fraction of sp³-hybridized carbons (Fsp3) is 0.318. The number of pyridine rings is 3. The predicted octanol–water partition coefficient (Wildman–Crippen LogP) is 2.29. The third-order valence-corrected chi connectivity index (χ3v) is 5.66. The maximum Gasteiger partial charge on any atom is 0.273 e. The largest absolute Gasteiger partial charge is 0.487 e. The lowest BCUT2D eigenvalue weighted by molar-refractivity contribution is 0.300. The fourth-order valence-corrected chi connectivity index (χ4v) is 3.72. The minimum atomic E-state index is -0.353. The smallest absolute Gasteiger partial charge is 0.273 e. The van der Waals surface area contributed by atoms with Crippen molar-refractivity contribution in [2.24, 2.45) is 0 Å². The van der Waals surface area contributed by atoms with Crippen LogP contribution < -0.4 is 20.8 Å². The summed E-state index contributed by atoms with van der Waals surface area (Å²) in [6, 6.07) is 10.5. The first-order valence-corrected chi connectivity index (χ1v) is 10.4. The first kappa shape index (κ1) is 21.1. The second kappa shape index (κ2) is 8.95. The zero-order valence-electron chi connectivity index (χ0n) is 17.4. The number of aromatic nitrogens is 3. The molecule has 0 aliphatic carbocycles. The van der Waals surface area contributed by atoms with Gasteiger partial charge in [0.2, 0.25) is 0 Å². The number of anilines is 1. The Labute approximate surface area is 184 Å². The molecule has 0 amide bonds. The molecule has 1 atom stereocenters. The fourth-order valence-electron chi connectivity index (χ4n) is 3.61. The number of aromatic amines is 1. The van der Waals surface area contributed by atoms with E-state index in [1.807, 2.05) is 6.07 Å². The summed E-state index contributed by atoms with van der Waals surface area (Å²) >= 11 is 5.82. The summed E-state index contributed by atoms with van der Waals surface area (Å²) in [6.45, 7) is 1.95. The number of likely N-dealkylation sites (N-methyl/N-ethyl adjacent to an activating group) is 1. The zero-order valence-corrected chi connectivity index (χ0v) is 18.2. The average Bonchev–Trinajstić information content (AvgIpc) is 3.25. The highest BCUT2D eigenvalue weighted by molar-refractivity contribution is 6.30. The molecule has 4 rings (SSSR count). The maximum atomic E-state index is 12.7. The van der Waals surface area contributed by atoms with E-state index in [1.54, 1.807) is 24.3 Å². The van der Waals surface area contributed by atoms with Crippen LogP contribution in [0.4, 0.5) is 5.82 Å². The summed E-state index contributed by atoms with van der Waals surface area (Å²) in [7, 11) is 4.12. The lowest BCUT2D eigenvalue weighted by Crippen LogP contribution is -2.32. The topological polar surface area (TPSA) is 83.5 Å². The molecule has 0 unspecified atom stereocenters. The summed E-state index contributed by atoms with van der Waals surface area (Å²) in [5, 5.41) is 0.546. The Morgan fingerprint density at radius 2 is 2.06 bits per heavy atom. The van der Waals surface area contributed by atoms with E-state index in [0.29, 0.717) is 22.5 Å². The lowest BCUT2D eigenvalue weighted by atomic mass is 10.2. The van der Waals surface area contributed by atoms with Gasteiger partial charge < -0.3 is 19.5 Å². The van der Waals surface area contributed by atoms with Gasteiger partial charge in [-0.05, 0) is 50.8 Å². The third kappa shape index (κ3) is 4.81. The molecule has 1 aliphatic rings. The number of halogens is 1. The average molecular weight is 442 g/mol. The van der Waals surface area contributed by atoms with Gasteiger partial charge in [0.1, 0.15) is 23.9 Å². The molecule has 4 heterocycles. The van der Waals surface area contributed by atoms with E-state index < -0.39 is 0 Å². The molecule has 0 spiro atoms. The van der Waals surface area contributed by atoms with Gasteiger partial charge >= 0.3 is 0 Å². The zero-order chi connectivity index (χ0) is 22.0. The molecular weight excluding hydrogens is 418 g/mol. The number of hydrogen-bond donors (Lipinski definition) is 1. The Morgan fingerprint density at radius 1 is 1.23 bits per heavy atom. The molecule has 1 aliphatic heterocycles. The molecular formula is C22H24ClN5O3. The molecule has 0 saturated carbocycles. The number of H-pyrrole nitrogens is 1. The Morgan fingerprint density at radius 3 is 2.71 bits per heavy atom. The summed E-state index contributed by atoms with van der Waals surface area (Å²) in [4.78, 5) is 36.7. The van der Waals surface area contributed by atoms with Crippen molar-refractivity contribution in [2.75, 3.05) is 32.1 Å². The molecule has 31 heavy (non-hydrogen) atoms. The Hall–Kier alpha value is -3.10. The highest BCUT2D eigenvalue weighted by Crippen LogP contribution is 2.20. The molecule has 1 saturated heterocycles. The Bertz CT molecular complexity index is 1170. The molecule has 1 N–H and O–H groups in total. The standard InChI is InChI=1S/C22H24ClN5O3/c1-26(2)17-7-9-27(13-17)20-6-5-19(22(30)25-20)28-10-8-18(11-21(28)29)31-14-16-4-3-15(23)12-24-16/h3-6,8,10-12,17H,7,9,13-14H2,1-2H3,(H,25,30)/t17-/m1/s1. The summed E-state index contributed by atoms with van der Waals surface area (Å²) < 4.78 is 6.94. The van der Waals surface area contributed by atoms with Crippen molar-refractivity contribution in [3.05, 3.63) is 80.2 Å². The third-order valence-electron chi connectivity index (χ3n) is 5.43. The predicted molar refractivity (Wildman–Crippen MR) is 121 cm³/mol. The minimum Gasteiger partial charge on any atom is -0.487 e. The van der Waals surface area contributed by atoms with Gasteiger partial charge in [0.15, 0.2) is 0 Å². The van der Waals surface area contributed by atoms with Gasteiger partial charge in [-0.2, -0.15) is 0 Å². The van der Waals surface area contributed by atoms with Crippen molar-refractivity contribution < 1.29 is 4.74 Å². The number of hydrogen-bond acceptors (Lipinski definition) is 6. The first-order chi connectivity index (χ1) is 14.9. The van der Waals surface area contributed by atoms with Gasteiger partial charge in [0.05, 0.1) is 10.7 Å². The van der Waals surface area contributed by atoms with Crippen LogP contribution in [-0.4, -0.2) is 52.7 Å². The Kier molecular flexibility index (Phi) is 6.11. The second-order valence-corrected chi connectivity index (χ2v) is 8.17. The van der Waals surface area contributed by atoms with Gasteiger partial charge in [-0.15, -0.1) is 0 Å². The molecule has 9 heteroatoms. The number of rotatable bonds is 6. The second-order valence-electron chi connectivity index (χ2n) is 7.74. The van der Waals surface area contributed by atoms with E-state index in [4.69, 9.17) is 16.3 Å². The highest BCUT2D eigenvalue weighted by Gasteiger charge is 2.24. The molecule has 162 valence electrons. The van der Waals surface area contributed by atoms with E-state index in [-0.39, 0.29) is 23.4 Å². The Balaban J connectivity index is 1.48. The van der Waals surface area contributed by atoms with Crippen LogP contribution in [0.3, 0.4) is 0 Å². The molecule has 0 aromatic carbocycles. The molecule has 1 fully saturated rings. The van der Waals surface area contributed by atoms with Crippen molar-refractivity contribution >= 4 is 17.4 Å². The van der Waals surface area contributed by atoms with E-state index in [1.165, 1.54) is 23.0 Å². The number of nitrogens with one attached hydrogen (secondary N) is 1. The van der Waals surface area contributed by atoms with Crippen molar-refractivity contribution in [1.82, 2.24) is 19.4 Å². The summed E-state index contributed by atoms with van der Waals surface area (Å²) in [5.41, 5.74) is 0.294. The van der Waals surface area contributed by atoms with Gasteiger partial charge in [-0.25, -0.2) is 0 Å². The molecule has 0 bridgehead atoms. The van der Waals surface area contributed by atoms with Crippen LogP contribution in [-0.2, 0) is 6.61 Å². The van der Waals surface area contributed by atoms with Crippen LogP contribution in [0, 0.1) is 0 Å². The number of ether oxygens (including phenoxy) is 1. The molecule has 3 aromatic heterocycles. The SMILES string of the molecule is CN(C)[C@@H]1CCN(c2ccc(-n3ccc(OCc4ccc(Cl)cn4)cc3=O)c(=O)[nH]2)C1. The molecule has 0 radical (unpaired) electrons. The van der Waals surface area contributed by atoms with Crippen LogP contribution in [0.15, 0.2) is 58.4 Å². The van der Waals surface area contributed by atoms with Crippen molar-refractivity contribution in [3.63, 3.8) is 0 Å². The van der Waals surface area contributed by atoms with E-state index in [2.05, 4.69) is 33.9 Å². The minimum absolute atomic E-state index is 0.208. The quantitative estimate of drug-likeness (QED) is 0.632. The van der Waals surface area contributed by atoms with Crippen LogP contribution in [0.25, 0.3) is 5.69 Å². The van der Waals surface area contributed by atoms with Gasteiger partial charge in [-0.3, -0.25) is 19.1 Å². The van der Waals surface area contributed by atoms with Crippen molar-refractivity contribution in [3.8, 4) is 11.4 Å². The first-order valence-electron chi connectivity index (χ1n) is 10.0. The van der Waals surface area contributed by atoms with Crippen LogP contribution >= 0.6 is 11.6 Å². The van der Waals surface area contributed by atoms with E-state index in [0.717, 1.165) is 25.3 Å². The molecule has 3 aromatic rings. The highest BCUT2D eigenvalue weighted by atomic mass is 35.5. The normalized spacial score (nSPS) is 16.1. The van der Waals surface area contributed by atoms with E-state index >= 15 is 0 Å². The summed E-state index contributed by atoms with van der Waals surface area (Å²) in [5.74, 6) is 1.17. The van der Waals surface area contributed by atoms with Gasteiger partial charge in [0.25, 0.3) is 11.1 Å². The maximum absolute atomic E-state index is 12.7. The summed E-state index contributed by atoms with van der Waals surface area (Å²) in [6.07, 6.45) is 4.12. The lowest BCUT2D eigenvalue weighted by Gasteiger charge is -2.21.